The molecule has 18 unspecified atom stereocenters. The molecule has 544 valence electrons. The molecule has 24 nitrogen and oxygen atoms in total. The van der Waals surface area contributed by atoms with Crippen molar-refractivity contribution in [3.8, 4) is 0 Å². The minimum Gasteiger partial charge on any atom is -0.465 e. The Kier molecular flexibility index (Phi) is 28.8. The van der Waals surface area contributed by atoms with E-state index in [2.05, 4.69) is 91.7 Å². The lowest BCUT2D eigenvalue weighted by Crippen LogP contribution is -2.51. The number of ether oxygens (including phenoxy) is 9. The van der Waals surface area contributed by atoms with E-state index in [1.807, 2.05) is 6.92 Å². The summed E-state index contributed by atoms with van der Waals surface area (Å²) in [4.78, 5) is 130. The van der Waals surface area contributed by atoms with Gasteiger partial charge in [0, 0.05) is 147 Å². The second kappa shape index (κ2) is 36.0. The summed E-state index contributed by atoms with van der Waals surface area (Å²) in [6, 6.07) is 2.85. The van der Waals surface area contributed by atoms with Crippen LogP contribution in [0.25, 0.3) is 0 Å². The molecule has 9 fully saturated rings. The predicted octanol–water partition coefficient (Wildman–Crippen LogP) is 6.29. The first-order valence-electron chi connectivity index (χ1n) is 36.6. The maximum absolute atomic E-state index is 13.8. The van der Waals surface area contributed by atoms with Crippen LogP contribution in [0, 0.1) is 46.3 Å². The molecule has 6 saturated heterocycles. The highest BCUT2D eigenvalue weighted by Gasteiger charge is 2.45. The maximum atomic E-state index is 13.8. The maximum Gasteiger partial charge on any atom is 0.307 e. The first-order valence-corrected chi connectivity index (χ1v) is 36.6. The summed E-state index contributed by atoms with van der Waals surface area (Å²) < 4.78 is 52.8. The molecule has 96 heavy (non-hydrogen) atoms. The molecule has 3 aliphatic carbocycles. The topological polar surface area (TPSA) is 255 Å². The molecule has 24 heteroatoms. The van der Waals surface area contributed by atoms with Crippen molar-refractivity contribution in [2.24, 2.45) is 46.3 Å². The zero-order valence-corrected chi connectivity index (χ0v) is 59.8. The Balaban J connectivity index is 0.000000299. The van der Waals surface area contributed by atoms with Gasteiger partial charge in [0.2, 0.25) is 5.60 Å². The highest BCUT2D eigenvalue weighted by molar-refractivity contribution is 5.80. The summed E-state index contributed by atoms with van der Waals surface area (Å²) >= 11 is 0. The van der Waals surface area contributed by atoms with Gasteiger partial charge in [-0.25, -0.2) is 0 Å². The second-order valence-electron chi connectivity index (χ2n) is 30.9. The normalized spacial score (nSPS) is 32.1. The van der Waals surface area contributed by atoms with Gasteiger partial charge >= 0.3 is 47.8 Å². The Hall–Kier alpha value is -4.85. The van der Waals surface area contributed by atoms with Crippen molar-refractivity contribution >= 4 is 53.5 Å². The van der Waals surface area contributed by atoms with Crippen molar-refractivity contribution in [3.05, 3.63) is 0 Å². The number of ketones is 1. The fourth-order valence-corrected chi connectivity index (χ4v) is 12.7. The van der Waals surface area contributed by atoms with E-state index in [-0.39, 0.29) is 115 Å². The monoisotopic (exact) mass is 1350 g/mol. The van der Waals surface area contributed by atoms with Crippen LogP contribution in [0.15, 0.2) is 0 Å². The highest BCUT2D eigenvalue weighted by Crippen LogP contribution is 2.43. The van der Waals surface area contributed by atoms with E-state index in [1.54, 1.807) is 0 Å². The summed E-state index contributed by atoms with van der Waals surface area (Å²) in [7, 11) is 0. The van der Waals surface area contributed by atoms with Gasteiger partial charge in [0.25, 0.3) is 0 Å². The third-order valence-corrected chi connectivity index (χ3v) is 21.7. The lowest BCUT2D eigenvalue weighted by atomic mass is 9.84. The van der Waals surface area contributed by atoms with Gasteiger partial charge in [-0.1, -0.05) is 27.7 Å². The van der Waals surface area contributed by atoms with Crippen molar-refractivity contribution in [2.45, 2.75) is 220 Å². The minimum absolute atomic E-state index is 0.0603. The minimum atomic E-state index is -1.72. The number of carbonyl (C=O) groups is 9. The number of esters is 8. The summed E-state index contributed by atoms with van der Waals surface area (Å²) in [6.45, 7) is 28.7. The highest BCUT2D eigenvalue weighted by atomic mass is 16.6. The number of hydrogen-bond acceptors (Lipinski definition) is 24. The molecule has 0 aromatic carbocycles. The van der Waals surface area contributed by atoms with Gasteiger partial charge in [-0.3, -0.25) is 72.6 Å². The van der Waals surface area contributed by atoms with Crippen LogP contribution < -0.4 is 0 Å². The molecule has 0 bridgehead atoms. The SMILES string of the molecule is CC1CC1CCC(=O)OCC(COCC(COC(=O)CCN1CC1C)(COC(=O)CCN1CC1C)CC(=O)CCN1CC1C)(COC(=O)CCC1CC1C)OC(=O)CCC1CC1C.CCC(COC(=O)CCN1CC1C)(COC(=O)CCN1CC1C)COC(=O)CCN1CC1C. The summed E-state index contributed by atoms with van der Waals surface area (Å²) in [5.41, 5.74) is -3.77. The van der Waals surface area contributed by atoms with Gasteiger partial charge < -0.3 is 42.6 Å². The Bertz CT molecular complexity index is 2350. The van der Waals surface area contributed by atoms with Crippen molar-refractivity contribution in [1.82, 2.24) is 29.4 Å². The van der Waals surface area contributed by atoms with E-state index in [4.69, 9.17) is 42.6 Å². The van der Waals surface area contributed by atoms with Crippen LogP contribution in [-0.4, -0.2) is 263 Å². The molecular weight excluding hydrogens is 1240 g/mol. The van der Waals surface area contributed by atoms with E-state index < -0.39 is 59.5 Å². The van der Waals surface area contributed by atoms with Gasteiger partial charge in [0.05, 0.1) is 56.1 Å². The van der Waals surface area contributed by atoms with E-state index in [0.717, 1.165) is 58.5 Å². The lowest BCUT2D eigenvalue weighted by molar-refractivity contribution is -0.198. The fourth-order valence-electron chi connectivity index (χ4n) is 12.7. The van der Waals surface area contributed by atoms with Crippen LogP contribution in [0.2, 0.25) is 0 Å². The zero-order chi connectivity index (χ0) is 69.3. The van der Waals surface area contributed by atoms with Gasteiger partial charge in [0.1, 0.15) is 52.0 Å². The summed E-state index contributed by atoms with van der Waals surface area (Å²) in [5.74, 6) is -0.252. The Labute approximate surface area is 571 Å². The van der Waals surface area contributed by atoms with Crippen LogP contribution in [-0.2, 0) is 85.8 Å². The van der Waals surface area contributed by atoms with Crippen molar-refractivity contribution in [3.63, 3.8) is 0 Å². The average Bonchev–Trinajstić information content (AvgIpc) is 1.46. The summed E-state index contributed by atoms with van der Waals surface area (Å²) in [5, 5.41) is 0. The molecule has 0 N–H and O–H groups in total. The average molecular weight is 1360 g/mol. The zero-order valence-electron chi connectivity index (χ0n) is 59.8. The van der Waals surface area contributed by atoms with Gasteiger partial charge in [-0.15, -0.1) is 0 Å². The molecule has 18 atom stereocenters. The van der Waals surface area contributed by atoms with Gasteiger partial charge in [-0.05, 0) is 122 Å². The van der Waals surface area contributed by atoms with Crippen molar-refractivity contribution in [2.75, 3.05) is 138 Å². The molecule has 3 saturated carbocycles. The van der Waals surface area contributed by atoms with Gasteiger partial charge in [0.15, 0.2) is 0 Å². The first kappa shape index (κ1) is 76.9. The third kappa shape index (κ3) is 28.1. The smallest absolute Gasteiger partial charge is 0.307 e. The Morgan fingerprint density at radius 2 is 0.573 bits per heavy atom. The molecule has 6 heterocycles. The van der Waals surface area contributed by atoms with Crippen molar-refractivity contribution < 1.29 is 85.8 Å². The predicted molar refractivity (Wildman–Crippen MR) is 355 cm³/mol. The number of rotatable bonds is 49. The number of Topliss-reactive ketones (excluding diaryl/α,β-unsaturated/α-hetero) is 1. The van der Waals surface area contributed by atoms with Gasteiger partial charge in [-0.2, -0.15) is 0 Å². The largest absolute Gasteiger partial charge is 0.465 e. The van der Waals surface area contributed by atoms with Crippen LogP contribution in [0.4, 0.5) is 0 Å². The fraction of sp³-hybridized carbons (Fsp3) is 0.875. The van der Waals surface area contributed by atoms with Crippen molar-refractivity contribution in [1.29, 1.82) is 0 Å². The molecule has 9 rings (SSSR count). The Morgan fingerprint density at radius 3 is 0.844 bits per heavy atom. The standard InChI is InChI=1S/C48H77N3O12.C24H41N3O6/c1-32-19-38(32)7-10-42(53)61-30-48(63-46(57)12-9-40-21-34(40)3,31-62-43(54)11-8-39-20-33(39)2)29-58-26-47(22-41(52)13-16-49-23-35(49)4,27-59-44(55)14-17-50-24-36(50)5)28-60-45(56)15-18-51-25-37(51)6;1-5-24(15-31-21(28)6-9-25-12-18(25)2,16-32-22(29)7-10-26-13-19(26)3)17-33-23(30)8-11-27-14-20(27)4/h32-40H,7-31H2,1-6H3;18-20H,5-17H2,1-4H3. The Morgan fingerprint density at radius 1 is 0.323 bits per heavy atom. The first-order chi connectivity index (χ1) is 45.7. The van der Waals surface area contributed by atoms with Crippen LogP contribution in [0.1, 0.15) is 178 Å². The second-order valence-corrected chi connectivity index (χ2v) is 30.9. The summed E-state index contributed by atoms with van der Waals surface area (Å²) in [6.07, 6.45) is 7.70. The number of hydrogen-bond donors (Lipinski definition) is 0. The quantitative estimate of drug-likeness (QED) is 0.0368. The molecule has 0 radical (unpaired) electrons. The molecule has 0 amide bonds. The van der Waals surface area contributed by atoms with Crippen LogP contribution in [0.3, 0.4) is 0 Å². The lowest BCUT2D eigenvalue weighted by Gasteiger charge is -2.36. The molecule has 0 aromatic rings. The van der Waals surface area contributed by atoms with Crippen LogP contribution >= 0.6 is 0 Å². The van der Waals surface area contributed by atoms with E-state index in [1.165, 1.54) is 0 Å². The molecule has 0 aromatic heterocycles. The molecule has 0 spiro atoms. The number of nitrogens with zero attached hydrogens (tertiary/aromatic N) is 6. The molecule has 9 aliphatic rings. The third-order valence-electron chi connectivity index (χ3n) is 21.7. The van der Waals surface area contributed by atoms with E-state index >= 15 is 0 Å². The molecular formula is C72H118N6O18. The van der Waals surface area contributed by atoms with Crippen LogP contribution in [0.5, 0.6) is 0 Å². The number of carbonyl (C=O) groups excluding carboxylic acids is 9. The van der Waals surface area contributed by atoms with E-state index in [9.17, 15) is 43.2 Å². The molecule has 6 aliphatic heterocycles. The van der Waals surface area contributed by atoms with E-state index in [0.29, 0.717) is 156 Å².